The molecule has 1 aromatic carbocycles. The van der Waals surface area contributed by atoms with E-state index >= 15 is 0 Å². The van der Waals surface area contributed by atoms with Crippen molar-refractivity contribution >= 4 is 10.1 Å². The molecule has 0 atom stereocenters. The van der Waals surface area contributed by atoms with E-state index in [1.807, 2.05) is 0 Å². The lowest BCUT2D eigenvalue weighted by molar-refractivity contribution is -0.0500. The number of halogens is 3. The third kappa shape index (κ3) is 3.08. The lowest BCUT2D eigenvalue weighted by Crippen LogP contribution is -2.28. The predicted octanol–water partition coefficient (Wildman–Crippen LogP) is 2.98. The van der Waals surface area contributed by atoms with Gasteiger partial charge in [0.05, 0.1) is 11.9 Å². The maximum absolute atomic E-state index is 12.1. The van der Waals surface area contributed by atoms with E-state index in [1.54, 1.807) is 30.3 Å². The van der Waals surface area contributed by atoms with E-state index in [0.717, 1.165) is 17.8 Å². The predicted molar refractivity (Wildman–Crippen MR) is 65.3 cm³/mol. The molecule has 0 radical (unpaired) electrons. The standard InChI is InChI=1S/C12H8F3NO3S/c13-12(14,15)20(17,18)19-10-6-7-11(16-8-10)9-4-2-1-3-5-9/h1-8H. The Morgan fingerprint density at radius 1 is 1.00 bits per heavy atom. The molecule has 0 aliphatic rings. The second-order valence-corrected chi connectivity index (χ2v) is 5.27. The van der Waals surface area contributed by atoms with Gasteiger partial charge in [0.15, 0.2) is 5.75 Å². The van der Waals surface area contributed by atoms with E-state index in [-0.39, 0.29) is 0 Å². The van der Waals surface area contributed by atoms with Gasteiger partial charge in [-0.15, -0.1) is 0 Å². The van der Waals surface area contributed by atoms with Crippen LogP contribution < -0.4 is 4.18 Å². The highest BCUT2D eigenvalue weighted by Crippen LogP contribution is 2.27. The molecule has 106 valence electrons. The maximum Gasteiger partial charge on any atom is 0.534 e. The van der Waals surface area contributed by atoms with Crippen LogP contribution in [0.15, 0.2) is 48.7 Å². The van der Waals surface area contributed by atoms with E-state index in [1.165, 1.54) is 6.07 Å². The van der Waals surface area contributed by atoms with Gasteiger partial charge in [0, 0.05) is 5.56 Å². The van der Waals surface area contributed by atoms with Gasteiger partial charge in [0.25, 0.3) is 0 Å². The van der Waals surface area contributed by atoms with Crippen molar-refractivity contribution < 1.29 is 25.8 Å². The molecule has 0 spiro atoms. The van der Waals surface area contributed by atoms with Crippen molar-refractivity contribution in [1.29, 1.82) is 0 Å². The second kappa shape index (κ2) is 5.12. The number of hydrogen-bond donors (Lipinski definition) is 0. The summed E-state index contributed by atoms with van der Waals surface area (Å²) in [5, 5.41) is 0. The summed E-state index contributed by atoms with van der Waals surface area (Å²) < 4.78 is 61.9. The Bertz CT molecular complexity index is 682. The van der Waals surface area contributed by atoms with Crippen LogP contribution in [0, 0.1) is 0 Å². The largest absolute Gasteiger partial charge is 0.534 e. The van der Waals surface area contributed by atoms with Crippen molar-refractivity contribution in [3.05, 3.63) is 48.7 Å². The van der Waals surface area contributed by atoms with Crippen LogP contribution in [0.25, 0.3) is 11.3 Å². The number of hydrogen-bond acceptors (Lipinski definition) is 4. The van der Waals surface area contributed by atoms with Gasteiger partial charge in [-0.1, -0.05) is 30.3 Å². The topological polar surface area (TPSA) is 56.3 Å². The molecule has 0 N–H and O–H groups in total. The van der Waals surface area contributed by atoms with Crippen LogP contribution in [0.2, 0.25) is 0 Å². The summed E-state index contributed by atoms with van der Waals surface area (Å²) in [5.74, 6) is -0.498. The summed E-state index contributed by atoms with van der Waals surface area (Å²) >= 11 is 0. The molecule has 0 saturated carbocycles. The molecule has 8 heteroatoms. The van der Waals surface area contributed by atoms with Crippen LogP contribution in [-0.4, -0.2) is 18.9 Å². The minimum atomic E-state index is -5.67. The molecule has 20 heavy (non-hydrogen) atoms. The van der Waals surface area contributed by atoms with Crippen molar-refractivity contribution in [2.24, 2.45) is 0 Å². The summed E-state index contributed by atoms with van der Waals surface area (Å²) in [6, 6.07) is 11.3. The molecule has 4 nitrogen and oxygen atoms in total. The molecule has 0 bridgehead atoms. The highest BCUT2D eigenvalue weighted by atomic mass is 32.2. The van der Waals surface area contributed by atoms with Crippen LogP contribution >= 0.6 is 0 Å². The van der Waals surface area contributed by atoms with Gasteiger partial charge in [-0.3, -0.25) is 4.98 Å². The average molecular weight is 303 g/mol. The Morgan fingerprint density at radius 2 is 1.65 bits per heavy atom. The fraction of sp³-hybridized carbons (Fsp3) is 0.0833. The van der Waals surface area contributed by atoms with Gasteiger partial charge in [0.1, 0.15) is 0 Å². The van der Waals surface area contributed by atoms with E-state index in [9.17, 15) is 21.6 Å². The molecule has 0 aliphatic heterocycles. The van der Waals surface area contributed by atoms with Crippen molar-refractivity contribution in [2.45, 2.75) is 5.51 Å². The van der Waals surface area contributed by atoms with Crippen molar-refractivity contribution in [3.63, 3.8) is 0 Å². The van der Waals surface area contributed by atoms with Crippen LogP contribution in [0.5, 0.6) is 5.75 Å². The monoisotopic (exact) mass is 303 g/mol. The Morgan fingerprint density at radius 3 is 2.15 bits per heavy atom. The summed E-state index contributed by atoms with van der Waals surface area (Å²) in [7, 11) is -5.67. The van der Waals surface area contributed by atoms with E-state index in [4.69, 9.17) is 0 Å². The number of rotatable bonds is 3. The first-order valence-corrected chi connectivity index (χ1v) is 6.73. The van der Waals surface area contributed by atoms with Gasteiger partial charge in [-0.2, -0.15) is 21.6 Å². The van der Waals surface area contributed by atoms with Gasteiger partial charge < -0.3 is 4.18 Å². The van der Waals surface area contributed by atoms with Gasteiger partial charge in [0.2, 0.25) is 0 Å². The molecule has 1 heterocycles. The van der Waals surface area contributed by atoms with Gasteiger partial charge >= 0.3 is 15.6 Å². The Kier molecular flexibility index (Phi) is 3.67. The lowest BCUT2D eigenvalue weighted by Gasteiger charge is -2.09. The van der Waals surface area contributed by atoms with E-state index in [2.05, 4.69) is 9.17 Å². The molecule has 0 amide bonds. The zero-order valence-electron chi connectivity index (χ0n) is 9.83. The summed E-state index contributed by atoms with van der Waals surface area (Å²) in [6.07, 6.45) is 0.922. The molecule has 0 unspecified atom stereocenters. The minimum absolute atomic E-state index is 0.488. The highest BCUT2D eigenvalue weighted by molar-refractivity contribution is 7.87. The maximum atomic E-state index is 12.1. The van der Waals surface area contributed by atoms with Gasteiger partial charge in [-0.05, 0) is 12.1 Å². The molecule has 2 rings (SSSR count). The fourth-order valence-electron chi connectivity index (χ4n) is 1.38. The number of alkyl halides is 3. The first-order chi connectivity index (χ1) is 9.29. The first-order valence-electron chi connectivity index (χ1n) is 5.32. The molecular formula is C12H8F3NO3S. The molecule has 0 aliphatic carbocycles. The summed E-state index contributed by atoms with van der Waals surface area (Å²) in [5.41, 5.74) is -4.23. The quantitative estimate of drug-likeness (QED) is 0.646. The smallest absolute Gasteiger partial charge is 0.374 e. The third-order valence-corrected chi connectivity index (χ3v) is 3.27. The average Bonchev–Trinajstić information content (AvgIpc) is 2.39. The molecule has 1 aromatic heterocycles. The van der Waals surface area contributed by atoms with Crippen LogP contribution in [0.4, 0.5) is 13.2 Å². The number of aromatic nitrogens is 1. The van der Waals surface area contributed by atoms with E-state index < -0.39 is 21.4 Å². The molecule has 0 fully saturated rings. The lowest BCUT2D eigenvalue weighted by atomic mass is 10.1. The van der Waals surface area contributed by atoms with Crippen LogP contribution in [-0.2, 0) is 10.1 Å². The SMILES string of the molecule is O=S(=O)(Oc1ccc(-c2ccccc2)nc1)C(F)(F)F. The third-order valence-electron chi connectivity index (χ3n) is 2.30. The number of nitrogens with zero attached hydrogens (tertiary/aromatic N) is 1. The second-order valence-electron chi connectivity index (χ2n) is 3.73. The van der Waals surface area contributed by atoms with Crippen molar-refractivity contribution in [2.75, 3.05) is 0 Å². The molecule has 0 saturated heterocycles. The molecular weight excluding hydrogens is 295 g/mol. The van der Waals surface area contributed by atoms with Crippen molar-refractivity contribution in [1.82, 2.24) is 4.98 Å². The highest BCUT2D eigenvalue weighted by Gasteiger charge is 2.48. The van der Waals surface area contributed by atoms with Crippen LogP contribution in [0.1, 0.15) is 0 Å². The Hall–Kier alpha value is -2.09. The number of benzene rings is 1. The fourth-order valence-corrected chi connectivity index (χ4v) is 1.83. The van der Waals surface area contributed by atoms with Crippen molar-refractivity contribution in [3.8, 4) is 17.0 Å². The first kappa shape index (κ1) is 14.3. The normalized spacial score (nSPS) is 12.2. The Balaban J connectivity index is 2.22. The molecule has 2 aromatic rings. The van der Waals surface area contributed by atoms with Crippen LogP contribution in [0.3, 0.4) is 0 Å². The minimum Gasteiger partial charge on any atom is -0.374 e. The Labute approximate surface area is 113 Å². The zero-order chi connectivity index (χ0) is 14.8. The number of pyridine rings is 1. The zero-order valence-corrected chi connectivity index (χ0v) is 10.6. The van der Waals surface area contributed by atoms with E-state index in [0.29, 0.717) is 5.69 Å². The summed E-state index contributed by atoms with van der Waals surface area (Å²) in [6.45, 7) is 0. The van der Waals surface area contributed by atoms with Gasteiger partial charge in [-0.25, -0.2) is 0 Å². The summed E-state index contributed by atoms with van der Waals surface area (Å²) in [4.78, 5) is 3.86.